The Morgan fingerprint density at radius 3 is 2.69 bits per heavy atom. The van der Waals surface area contributed by atoms with Gasteiger partial charge in [-0.1, -0.05) is 0 Å². The summed E-state index contributed by atoms with van der Waals surface area (Å²) in [6, 6.07) is 1.28. The molecule has 70 valence electrons. The zero-order chi connectivity index (χ0) is 10.0. The number of rotatable bonds is 2. The number of aryl methyl sites for hydroxylation is 1. The third kappa shape index (κ3) is 1.44. The highest BCUT2D eigenvalue weighted by molar-refractivity contribution is 5.52. The van der Waals surface area contributed by atoms with Crippen molar-refractivity contribution in [2.45, 2.75) is 20.4 Å². The predicted molar refractivity (Wildman–Crippen MR) is 48.2 cm³/mol. The summed E-state index contributed by atoms with van der Waals surface area (Å²) in [5.74, 6) is -0.359. The van der Waals surface area contributed by atoms with Crippen LogP contribution in [0.2, 0.25) is 0 Å². The van der Waals surface area contributed by atoms with E-state index in [1.165, 1.54) is 6.07 Å². The molecule has 0 aliphatic heterocycles. The first kappa shape index (κ1) is 9.44. The molecule has 0 saturated heterocycles. The van der Waals surface area contributed by atoms with Crippen molar-refractivity contribution in [3.63, 3.8) is 0 Å². The second-order valence-corrected chi connectivity index (χ2v) is 2.67. The SMILES string of the molecule is CCn1c(O)c(N=O)c(C)cc1=O. The number of aromatic hydroxyl groups is 1. The van der Waals surface area contributed by atoms with Crippen LogP contribution >= 0.6 is 0 Å². The Morgan fingerprint density at radius 1 is 1.62 bits per heavy atom. The topological polar surface area (TPSA) is 71.7 Å². The van der Waals surface area contributed by atoms with Crippen molar-refractivity contribution in [2.75, 3.05) is 0 Å². The van der Waals surface area contributed by atoms with E-state index in [1.807, 2.05) is 0 Å². The van der Waals surface area contributed by atoms with Gasteiger partial charge in [-0.25, -0.2) is 0 Å². The molecule has 0 spiro atoms. The van der Waals surface area contributed by atoms with Crippen LogP contribution in [0.3, 0.4) is 0 Å². The van der Waals surface area contributed by atoms with Crippen LogP contribution in [0.1, 0.15) is 12.5 Å². The van der Waals surface area contributed by atoms with Crippen molar-refractivity contribution in [3.05, 3.63) is 26.9 Å². The molecule has 1 aromatic rings. The Hall–Kier alpha value is -1.65. The lowest BCUT2D eigenvalue weighted by molar-refractivity contribution is 0.412. The van der Waals surface area contributed by atoms with E-state index < -0.39 is 0 Å². The first-order valence-corrected chi connectivity index (χ1v) is 3.88. The number of nitrogens with zero attached hydrogens (tertiary/aromatic N) is 2. The molecule has 0 aromatic carbocycles. The van der Waals surface area contributed by atoms with Crippen molar-refractivity contribution < 1.29 is 5.11 Å². The van der Waals surface area contributed by atoms with E-state index in [0.29, 0.717) is 12.1 Å². The smallest absolute Gasteiger partial charge is 0.253 e. The van der Waals surface area contributed by atoms with Gasteiger partial charge in [-0.2, -0.15) is 0 Å². The van der Waals surface area contributed by atoms with Gasteiger partial charge in [0.2, 0.25) is 5.88 Å². The van der Waals surface area contributed by atoms with E-state index in [4.69, 9.17) is 0 Å². The van der Waals surface area contributed by atoms with E-state index in [-0.39, 0.29) is 17.1 Å². The van der Waals surface area contributed by atoms with Crippen molar-refractivity contribution in [1.29, 1.82) is 0 Å². The van der Waals surface area contributed by atoms with Gasteiger partial charge in [0.25, 0.3) is 5.56 Å². The predicted octanol–water partition coefficient (Wildman–Crippen LogP) is 1.28. The molecule has 0 fully saturated rings. The van der Waals surface area contributed by atoms with Crippen LogP contribution in [0.25, 0.3) is 0 Å². The zero-order valence-corrected chi connectivity index (χ0v) is 7.44. The Kier molecular flexibility index (Phi) is 2.46. The van der Waals surface area contributed by atoms with Crippen molar-refractivity contribution in [2.24, 2.45) is 5.18 Å². The van der Waals surface area contributed by atoms with Gasteiger partial charge in [0.05, 0.1) is 0 Å². The summed E-state index contributed by atoms with van der Waals surface area (Å²) >= 11 is 0. The standard InChI is InChI=1S/C8H10N2O3/c1-3-10-6(11)4-5(2)7(9-13)8(10)12/h4,12H,3H2,1-2H3. The Balaban J connectivity index is 3.57. The fourth-order valence-electron chi connectivity index (χ4n) is 1.16. The molecule has 5 nitrogen and oxygen atoms in total. The minimum atomic E-state index is -0.359. The Morgan fingerprint density at radius 2 is 2.23 bits per heavy atom. The molecule has 0 aliphatic carbocycles. The maximum atomic E-state index is 11.2. The second-order valence-electron chi connectivity index (χ2n) is 2.67. The molecule has 1 heterocycles. The molecule has 1 aromatic heterocycles. The molecule has 0 bridgehead atoms. The monoisotopic (exact) mass is 182 g/mol. The summed E-state index contributed by atoms with van der Waals surface area (Å²) in [6.07, 6.45) is 0. The minimum absolute atomic E-state index is 0.0681. The molecule has 13 heavy (non-hydrogen) atoms. The summed E-state index contributed by atoms with van der Waals surface area (Å²) in [5.41, 5.74) is -0.00597. The minimum Gasteiger partial charge on any atom is -0.493 e. The normalized spacial score (nSPS) is 10.0. The van der Waals surface area contributed by atoms with Crippen LogP contribution in [0.4, 0.5) is 5.69 Å². The Labute approximate surface area is 74.6 Å². The molecule has 0 saturated carbocycles. The van der Waals surface area contributed by atoms with Gasteiger partial charge >= 0.3 is 0 Å². The summed E-state index contributed by atoms with van der Waals surface area (Å²) < 4.78 is 1.09. The van der Waals surface area contributed by atoms with Gasteiger partial charge in [-0.05, 0) is 24.6 Å². The lowest BCUT2D eigenvalue weighted by atomic mass is 10.2. The van der Waals surface area contributed by atoms with Crippen LogP contribution in [-0.4, -0.2) is 9.67 Å². The molecule has 5 heteroatoms. The van der Waals surface area contributed by atoms with Gasteiger partial charge in [0, 0.05) is 12.6 Å². The van der Waals surface area contributed by atoms with Gasteiger partial charge in [0.1, 0.15) is 0 Å². The zero-order valence-electron chi connectivity index (χ0n) is 7.44. The average Bonchev–Trinajstić information content (AvgIpc) is 2.04. The summed E-state index contributed by atoms with van der Waals surface area (Å²) in [5, 5.41) is 12.1. The highest BCUT2D eigenvalue weighted by Crippen LogP contribution is 2.27. The fourth-order valence-corrected chi connectivity index (χ4v) is 1.16. The molecular weight excluding hydrogens is 172 g/mol. The van der Waals surface area contributed by atoms with Crippen molar-refractivity contribution in [1.82, 2.24) is 4.57 Å². The largest absolute Gasteiger partial charge is 0.493 e. The van der Waals surface area contributed by atoms with Gasteiger partial charge in [0.15, 0.2) is 5.69 Å². The van der Waals surface area contributed by atoms with E-state index in [9.17, 15) is 14.8 Å². The van der Waals surface area contributed by atoms with E-state index in [1.54, 1.807) is 13.8 Å². The summed E-state index contributed by atoms with van der Waals surface area (Å²) in [7, 11) is 0. The maximum absolute atomic E-state index is 11.2. The Bertz CT molecular complexity index is 395. The lowest BCUT2D eigenvalue weighted by Crippen LogP contribution is -2.18. The van der Waals surface area contributed by atoms with Crippen molar-refractivity contribution >= 4 is 5.69 Å². The van der Waals surface area contributed by atoms with Crippen LogP contribution < -0.4 is 5.56 Å². The highest BCUT2D eigenvalue weighted by Gasteiger charge is 2.11. The van der Waals surface area contributed by atoms with Gasteiger partial charge < -0.3 is 5.11 Å². The molecule has 0 atom stereocenters. The number of hydrogen-bond acceptors (Lipinski definition) is 4. The van der Waals surface area contributed by atoms with E-state index in [2.05, 4.69) is 5.18 Å². The summed E-state index contributed by atoms with van der Waals surface area (Å²) in [6.45, 7) is 3.57. The average molecular weight is 182 g/mol. The van der Waals surface area contributed by atoms with Crippen molar-refractivity contribution in [3.8, 4) is 5.88 Å². The molecule has 0 amide bonds. The molecule has 1 rings (SSSR count). The first-order chi connectivity index (χ1) is 6.11. The van der Waals surface area contributed by atoms with Crippen LogP contribution in [0, 0.1) is 11.8 Å². The van der Waals surface area contributed by atoms with Crippen LogP contribution in [0.5, 0.6) is 5.88 Å². The lowest BCUT2D eigenvalue weighted by Gasteiger charge is -2.07. The van der Waals surface area contributed by atoms with E-state index in [0.717, 1.165) is 4.57 Å². The quantitative estimate of drug-likeness (QED) is 0.700. The molecule has 1 N–H and O–H groups in total. The highest BCUT2D eigenvalue weighted by atomic mass is 16.3. The summed E-state index contributed by atoms with van der Waals surface area (Å²) in [4.78, 5) is 21.5. The first-order valence-electron chi connectivity index (χ1n) is 3.88. The third-order valence-corrected chi connectivity index (χ3v) is 1.85. The molecule has 0 radical (unpaired) electrons. The number of nitroso groups, excluding NO2 is 1. The fraction of sp³-hybridized carbons (Fsp3) is 0.375. The molecule has 0 aliphatic rings. The second kappa shape index (κ2) is 3.38. The van der Waals surface area contributed by atoms with Gasteiger partial charge in [-0.15, -0.1) is 4.91 Å². The van der Waals surface area contributed by atoms with Crippen LogP contribution in [0.15, 0.2) is 16.0 Å². The number of aromatic nitrogens is 1. The van der Waals surface area contributed by atoms with Crippen LogP contribution in [-0.2, 0) is 6.54 Å². The molecule has 0 unspecified atom stereocenters. The van der Waals surface area contributed by atoms with Gasteiger partial charge in [-0.3, -0.25) is 9.36 Å². The third-order valence-electron chi connectivity index (χ3n) is 1.85. The number of hydrogen-bond donors (Lipinski definition) is 1. The number of pyridine rings is 1. The maximum Gasteiger partial charge on any atom is 0.253 e. The molecular formula is C8H10N2O3. The van der Waals surface area contributed by atoms with E-state index >= 15 is 0 Å².